The predicted octanol–water partition coefficient (Wildman–Crippen LogP) is 15.0. The first-order valence-corrected chi connectivity index (χ1v) is 22.4. The lowest BCUT2D eigenvalue weighted by Crippen LogP contribution is -2.15. The number of nitrogens with zero attached hydrogens (tertiary/aromatic N) is 2. The summed E-state index contributed by atoms with van der Waals surface area (Å²) >= 11 is 0. The lowest BCUT2D eigenvalue weighted by atomic mass is 9.89. The van der Waals surface area contributed by atoms with Crippen LogP contribution in [0.25, 0.3) is 131 Å². The second-order valence-electron chi connectivity index (χ2n) is 17.6. The maximum absolute atomic E-state index is 15.6. The Morgan fingerprint density at radius 1 is 0.273 bits per heavy atom. The molecule has 13 rings (SSSR count). The van der Waals surface area contributed by atoms with Crippen LogP contribution in [0.5, 0.6) is 0 Å². The van der Waals surface area contributed by atoms with Crippen LogP contribution in [0.3, 0.4) is 0 Å². The Balaban J connectivity index is 1.16. The van der Waals surface area contributed by atoms with Gasteiger partial charge in [-0.05, 0) is 124 Å². The van der Waals surface area contributed by atoms with Gasteiger partial charge in [-0.2, -0.15) is 0 Å². The zero-order valence-electron chi connectivity index (χ0n) is 36.3. The molecule has 0 aliphatic carbocycles. The van der Waals surface area contributed by atoms with Crippen molar-refractivity contribution in [3.8, 4) is 44.5 Å². The molecular formula is C62H40N2O2. The molecule has 0 saturated heterocycles. The molecule has 0 aliphatic heterocycles. The number of hydrogen-bond donors (Lipinski definition) is 0. The van der Waals surface area contributed by atoms with E-state index in [1.165, 1.54) is 0 Å². The third kappa shape index (κ3) is 5.58. The lowest BCUT2D eigenvalue weighted by Gasteiger charge is -2.20. The quantitative estimate of drug-likeness (QED) is 0.166. The topological polar surface area (TPSA) is 44.0 Å². The number of benzene rings is 11. The standard InChI is InChI=1S/C62H40N2O2/c1-63-55-35-54-56(64(2)58-34-42(48-28-12-20-38-16-4-8-24-44(38)48)32-52(60(58)62(54)66)50-30-14-22-40-18-6-10-26-46(40)50)36-53(55)61(65)59-51(49-29-13-21-39-17-5-9-25-45(39)49)31-41(33-57(59)63)47-27-11-19-37-15-3-7-23-43(37)47/h3-36H,1-2H3. The maximum atomic E-state index is 15.6. The SMILES string of the molecule is Cn1c2cc3c(=O)c4c(-c5cccc6ccccc56)cc(-c5cccc6ccccc56)cc4n(C)c3cc2c(=O)c2c(-c3cccc4ccccc34)cc(-c3cccc4ccccc34)cc21. The molecule has 4 nitrogen and oxygen atoms in total. The van der Waals surface area contributed by atoms with Gasteiger partial charge in [0.15, 0.2) is 10.9 Å². The van der Waals surface area contributed by atoms with E-state index in [9.17, 15) is 0 Å². The average molecular weight is 845 g/mol. The number of fused-ring (bicyclic) bond motifs is 8. The summed E-state index contributed by atoms with van der Waals surface area (Å²) in [5.41, 5.74) is 10.8. The number of hydrogen-bond acceptors (Lipinski definition) is 2. The van der Waals surface area contributed by atoms with Crippen LogP contribution in [0.15, 0.2) is 216 Å². The normalized spacial score (nSPS) is 11.9. The van der Waals surface area contributed by atoms with E-state index in [2.05, 4.69) is 203 Å². The molecule has 4 heteroatoms. The van der Waals surface area contributed by atoms with Gasteiger partial charge in [-0.1, -0.05) is 170 Å². The van der Waals surface area contributed by atoms with E-state index in [0.29, 0.717) is 32.6 Å². The van der Waals surface area contributed by atoms with Gasteiger partial charge >= 0.3 is 0 Å². The van der Waals surface area contributed by atoms with Crippen LogP contribution in [0.1, 0.15) is 0 Å². The van der Waals surface area contributed by atoms with Gasteiger partial charge in [-0.15, -0.1) is 0 Å². The van der Waals surface area contributed by atoms with E-state index < -0.39 is 0 Å². The van der Waals surface area contributed by atoms with Crippen LogP contribution in [-0.4, -0.2) is 9.13 Å². The number of aromatic nitrogens is 2. The van der Waals surface area contributed by atoms with Crippen LogP contribution < -0.4 is 10.9 Å². The highest BCUT2D eigenvalue weighted by Gasteiger charge is 2.23. The molecule has 11 aromatic carbocycles. The molecule has 0 radical (unpaired) electrons. The van der Waals surface area contributed by atoms with Crippen molar-refractivity contribution < 1.29 is 0 Å². The fraction of sp³-hybridized carbons (Fsp3) is 0.0323. The van der Waals surface area contributed by atoms with E-state index in [4.69, 9.17) is 0 Å². The van der Waals surface area contributed by atoms with Gasteiger partial charge < -0.3 is 9.13 Å². The van der Waals surface area contributed by atoms with Gasteiger partial charge in [0.25, 0.3) is 0 Å². The second-order valence-corrected chi connectivity index (χ2v) is 17.6. The molecule has 66 heavy (non-hydrogen) atoms. The summed E-state index contributed by atoms with van der Waals surface area (Å²) in [7, 11) is 4.05. The highest BCUT2D eigenvalue weighted by atomic mass is 16.1. The summed E-state index contributed by atoms with van der Waals surface area (Å²) in [6.45, 7) is 0. The Bertz CT molecular complexity index is 4060. The molecule has 13 aromatic rings. The molecule has 0 aliphatic rings. The van der Waals surface area contributed by atoms with E-state index >= 15 is 9.59 Å². The minimum atomic E-state index is -0.0686. The van der Waals surface area contributed by atoms with E-state index in [1.807, 2.05) is 26.2 Å². The molecule has 0 atom stereocenters. The first kappa shape index (κ1) is 37.9. The Morgan fingerprint density at radius 3 is 0.939 bits per heavy atom. The summed E-state index contributed by atoms with van der Waals surface area (Å²) in [6.07, 6.45) is 0. The van der Waals surface area contributed by atoms with Gasteiger partial charge in [-0.25, -0.2) is 0 Å². The summed E-state index contributed by atoms with van der Waals surface area (Å²) in [5, 5.41) is 11.4. The maximum Gasteiger partial charge on any atom is 0.197 e. The Hall–Kier alpha value is -8.60. The van der Waals surface area contributed by atoms with Gasteiger partial charge in [0, 0.05) is 24.9 Å². The van der Waals surface area contributed by atoms with Crippen molar-refractivity contribution in [3.05, 3.63) is 227 Å². The van der Waals surface area contributed by atoms with Gasteiger partial charge in [0.1, 0.15) is 0 Å². The molecule has 310 valence electrons. The second kappa shape index (κ2) is 14.5. The summed E-state index contributed by atoms with van der Waals surface area (Å²) < 4.78 is 4.24. The number of pyridine rings is 2. The Kier molecular flexibility index (Phi) is 8.31. The van der Waals surface area contributed by atoms with Crippen molar-refractivity contribution in [3.63, 3.8) is 0 Å². The van der Waals surface area contributed by atoms with Crippen LogP contribution in [-0.2, 0) is 14.1 Å². The van der Waals surface area contributed by atoms with Gasteiger partial charge in [-0.3, -0.25) is 9.59 Å². The summed E-state index contributed by atoms with van der Waals surface area (Å²) in [5.74, 6) is 0. The van der Waals surface area contributed by atoms with E-state index in [-0.39, 0.29) is 10.9 Å². The van der Waals surface area contributed by atoms with Crippen LogP contribution >= 0.6 is 0 Å². The van der Waals surface area contributed by atoms with Crippen molar-refractivity contribution >= 4 is 86.7 Å². The van der Waals surface area contributed by atoms with Gasteiger partial charge in [0.2, 0.25) is 0 Å². The zero-order chi connectivity index (χ0) is 44.2. The molecule has 2 aromatic heterocycles. The molecule has 0 N–H and O–H groups in total. The molecule has 2 heterocycles. The van der Waals surface area contributed by atoms with Crippen molar-refractivity contribution in [2.75, 3.05) is 0 Å². The third-order valence-corrected chi connectivity index (χ3v) is 14.1. The lowest BCUT2D eigenvalue weighted by molar-refractivity contribution is 0.994. The first-order chi connectivity index (χ1) is 32.4. The third-order valence-electron chi connectivity index (χ3n) is 14.1. The van der Waals surface area contributed by atoms with Crippen LogP contribution in [0.2, 0.25) is 0 Å². The summed E-state index contributed by atoms with van der Waals surface area (Å²) in [6, 6.07) is 71.7. The number of aryl methyl sites for hydroxylation is 2. The van der Waals surface area contributed by atoms with Crippen LogP contribution in [0, 0.1) is 0 Å². The monoisotopic (exact) mass is 844 g/mol. The molecule has 0 fully saturated rings. The Morgan fingerprint density at radius 2 is 0.576 bits per heavy atom. The number of rotatable bonds is 4. The van der Waals surface area contributed by atoms with Crippen molar-refractivity contribution in [1.29, 1.82) is 0 Å². The van der Waals surface area contributed by atoms with Crippen LogP contribution in [0.4, 0.5) is 0 Å². The van der Waals surface area contributed by atoms with Crippen molar-refractivity contribution in [2.45, 2.75) is 0 Å². The molecular weight excluding hydrogens is 805 g/mol. The zero-order valence-corrected chi connectivity index (χ0v) is 36.3. The molecule has 0 bridgehead atoms. The molecule has 0 unspecified atom stereocenters. The molecule has 0 saturated carbocycles. The smallest absolute Gasteiger partial charge is 0.197 e. The minimum Gasteiger partial charge on any atom is -0.343 e. The van der Waals surface area contributed by atoms with Crippen molar-refractivity contribution in [1.82, 2.24) is 9.13 Å². The fourth-order valence-corrected chi connectivity index (χ4v) is 10.9. The summed E-state index contributed by atoms with van der Waals surface area (Å²) in [4.78, 5) is 31.1. The Labute approximate surface area is 379 Å². The fourth-order valence-electron chi connectivity index (χ4n) is 10.9. The highest BCUT2D eigenvalue weighted by Crippen LogP contribution is 2.42. The predicted molar refractivity (Wildman–Crippen MR) is 279 cm³/mol. The first-order valence-electron chi connectivity index (χ1n) is 22.4. The highest BCUT2D eigenvalue weighted by molar-refractivity contribution is 6.14. The minimum absolute atomic E-state index is 0.0686. The van der Waals surface area contributed by atoms with E-state index in [1.54, 1.807) is 0 Å². The molecule has 0 spiro atoms. The van der Waals surface area contributed by atoms with Crippen molar-refractivity contribution in [2.24, 2.45) is 14.1 Å². The average Bonchev–Trinajstić information content (AvgIpc) is 3.37. The van der Waals surface area contributed by atoms with Gasteiger partial charge in [0.05, 0.1) is 32.8 Å². The van der Waals surface area contributed by atoms with E-state index in [0.717, 1.165) is 98.6 Å². The molecule has 0 amide bonds. The largest absolute Gasteiger partial charge is 0.343 e.